The monoisotopic (exact) mass is 670 g/mol. The number of amides is 1. The minimum Gasteiger partial charge on any atom is -0.478 e. The van der Waals surface area contributed by atoms with Gasteiger partial charge in [-0.2, -0.15) is 5.10 Å². The van der Waals surface area contributed by atoms with Crippen molar-refractivity contribution in [1.82, 2.24) is 34.8 Å². The third-order valence-corrected chi connectivity index (χ3v) is 8.49. The molecule has 0 bridgehead atoms. The van der Waals surface area contributed by atoms with Crippen LogP contribution in [0, 0.1) is 6.92 Å². The number of nitrogens with two attached hydrogens (primary N) is 1. The molecule has 1 aromatic carbocycles. The van der Waals surface area contributed by atoms with Crippen LogP contribution in [-0.4, -0.2) is 69.4 Å². The molecule has 248 valence electrons. The molecule has 1 aliphatic heterocycles. The largest absolute Gasteiger partial charge is 0.478 e. The molecule has 1 aliphatic rings. The van der Waals surface area contributed by atoms with Gasteiger partial charge in [0.05, 0.1) is 23.5 Å². The van der Waals surface area contributed by atoms with Gasteiger partial charge < -0.3 is 25.3 Å². The Morgan fingerprint density at radius 3 is 2.42 bits per heavy atom. The van der Waals surface area contributed by atoms with Crippen LogP contribution in [0.25, 0.3) is 22.8 Å². The topological polar surface area (TPSA) is 203 Å². The smallest absolute Gasteiger partial charge is 0.328 e. The molecule has 48 heavy (non-hydrogen) atoms. The van der Waals surface area contributed by atoms with Gasteiger partial charge in [0, 0.05) is 54.1 Å². The lowest BCUT2D eigenvalue weighted by molar-refractivity contribution is -0.134. The third-order valence-electron chi connectivity index (χ3n) is 7.42. The molecule has 1 saturated heterocycles. The van der Waals surface area contributed by atoms with E-state index in [0.717, 1.165) is 34.7 Å². The van der Waals surface area contributed by atoms with E-state index in [2.05, 4.69) is 20.3 Å². The maximum Gasteiger partial charge on any atom is 0.328 e. The van der Waals surface area contributed by atoms with Crippen molar-refractivity contribution in [2.24, 2.45) is 12.8 Å². The van der Waals surface area contributed by atoms with Crippen molar-refractivity contribution < 1.29 is 29.0 Å². The molecular formula is C33H34N8O6S. The first-order valence-electron chi connectivity index (χ1n) is 14.9. The number of nitrogens with zero attached hydrogens (tertiary/aromatic N) is 7. The Morgan fingerprint density at radius 1 is 1.08 bits per heavy atom. The molecular weight excluding hydrogens is 636 g/mol. The molecule has 0 spiro atoms. The first-order valence-corrected chi connectivity index (χ1v) is 15.8. The number of hydrogen-bond donors (Lipinski definition) is 3. The fourth-order valence-corrected chi connectivity index (χ4v) is 6.16. The number of carbonyl (C=O) groups is 3. The highest BCUT2D eigenvalue weighted by Gasteiger charge is 2.34. The summed E-state index contributed by atoms with van der Waals surface area (Å²) in [5.41, 5.74) is 10.0. The Hall–Kier alpha value is -5.54. The first kappa shape index (κ1) is 33.8. The van der Waals surface area contributed by atoms with E-state index in [1.165, 1.54) is 0 Å². The van der Waals surface area contributed by atoms with Gasteiger partial charge >= 0.3 is 11.9 Å². The van der Waals surface area contributed by atoms with E-state index in [1.54, 1.807) is 34.3 Å². The summed E-state index contributed by atoms with van der Waals surface area (Å²) in [5, 5.41) is 31.5. The van der Waals surface area contributed by atoms with Crippen LogP contribution < -0.4 is 5.73 Å². The summed E-state index contributed by atoms with van der Waals surface area (Å²) < 4.78 is 7.79. The number of benzene rings is 1. The average molecular weight is 671 g/mol. The van der Waals surface area contributed by atoms with Gasteiger partial charge in [-0.05, 0) is 50.8 Å². The third kappa shape index (κ3) is 8.24. The second-order valence-corrected chi connectivity index (χ2v) is 12.4. The lowest BCUT2D eigenvalue weighted by Crippen LogP contribution is -2.35. The van der Waals surface area contributed by atoms with Gasteiger partial charge in [0.25, 0.3) is 11.8 Å². The van der Waals surface area contributed by atoms with E-state index in [-0.39, 0.29) is 17.8 Å². The summed E-state index contributed by atoms with van der Waals surface area (Å²) in [4.78, 5) is 44.4. The standard InChI is InChI=1S/C29H30N8O2S.C4H4O4/c1-18-17-40-26(32-18)24-10-7-11-37(24)27(38)20-12-22(21-15-31-36(3)16-21)33-23(13-20)25-34-35-28(39-25)29(2,30)14-19-8-5-4-6-9-19;5-3(6)1-2-4(7)8/h4-6,8-9,12-13,15-17,24H,7,10-11,14,30H2,1-3H3;1-2H,(H,5,6)(H,7,8)/b;2-1+/t24-,29-;/m1./s1. The zero-order valence-electron chi connectivity index (χ0n) is 26.5. The normalized spacial score (nSPS) is 15.6. The predicted octanol–water partition coefficient (Wildman–Crippen LogP) is 4.40. The molecule has 0 radical (unpaired) electrons. The Balaban J connectivity index is 0.000000503. The number of pyridine rings is 1. The van der Waals surface area contributed by atoms with E-state index >= 15 is 0 Å². The number of carboxylic acid groups (broad SMARTS) is 2. The Labute approximate surface area is 279 Å². The molecule has 5 aromatic rings. The van der Waals surface area contributed by atoms with E-state index in [1.807, 2.05) is 67.7 Å². The predicted molar refractivity (Wildman–Crippen MR) is 176 cm³/mol. The minimum absolute atomic E-state index is 0.0457. The van der Waals surface area contributed by atoms with Crippen LogP contribution in [0.2, 0.25) is 0 Å². The summed E-state index contributed by atoms with van der Waals surface area (Å²) in [6, 6.07) is 13.4. The molecule has 0 aliphatic carbocycles. The maximum atomic E-state index is 13.9. The molecule has 15 heteroatoms. The van der Waals surface area contributed by atoms with E-state index < -0.39 is 17.5 Å². The lowest BCUT2D eigenvalue weighted by Gasteiger charge is -2.23. The molecule has 2 atom stereocenters. The summed E-state index contributed by atoms with van der Waals surface area (Å²) in [5.74, 6) is -2.10. The molecule has 6 rings (SSSR count). The van der Waals surface area contributed by atoms with Crippen LogP contribution in [0.4, 0.5) is 0 Å². The number of aryl methyl sites for hydroxylation is 2. The van der Waals surface area contributed by atoms with Crippen molar-refractivity contribution in [2.45, 2.75) is 44.7 Å². The van der Waals surface area contributed by atoms with Crippen molar-refractivity contribution >= 4 is 29.2 Å². The van der Waals surface area contributed by atoms with Gasteiger partial charge in [0.2, 0.25) is 5.89 Å². The van der Waals surface area contributed by atoms with Crippen LogP contribution >= 0.6 is 11.3 Å². The number of likely N-dealkylation sites (tertiary alicyclic amines) is 1. The number of thiazole rings is 1. The fourth-order valence-electron chi connectivity index (χ4n) is 5.22. The molecule has 4 N–H and O–H groups in total. The highest BCUT2D eigenvalue weighted by molar-refractivity contribution is 7.09. The molecule has 1 amide bonds. The summed E-state index contributed by atoms with van der Waals surface area (Å²) in [7, 11) is 1.84. The van der Waals surface area contributed by atoms with E-state index in [4.69, 9.17) is 25.3 Å². The van der Waals surface area contributed by atoms with Crippen molar-refractivity contribution in [2.75, 3.05) is 6.54 Å². The number of carbonyl (C=O) groups excluding carboxylic acids is 1. The lowest BCUT2D eigenvalue weighted by atomic mass is 9.94. The van der Waals surface area contributed by atoms with Crippen LogP contribution in [0.3, 0.4) is 0 Å². The van der Waals surface area contributed by atoms with Crippen LogP contribution in [0.5, 0.6) is 0 Å². The van der Waals surface area contributed by atoms with Gasteiger partial charge in [0.15, 0.2) is 0 Å². The van der Waals surface area contributed by atoms with Crippen LogP contribution in [0.1, 0.15) is 58.3 Å². The Morgan fingerprint density at radius 2 is 1.79 bits per heavy atom. The molecule has 1 fully saturated rings. The van der Waals surface area contributed by atoms with Gasteiger partial charge in [-0.15, -0.1) is 21.5 Å². The van der Waals surface area contributed by atoms with Crippen molar-refractivity contribution in [3.63, 3.8) is 0 Å². The Kier molecular flexibility index (Phi) is 10.2. The molecule has 0 saturated carbocycles. The number of aromatic nitrogens is 6. The highest BCUT2D eigenvalue weighted by Crippen LogP contribution is 2.36. The van der Waals surface area contributed by atoms with Crippen molar-refractivity contribution in [3.8, 4) is 22.8 Å². The van der Waals surface area contributed by atoms with Crippen molar-refractivity contribution in [3.05, 3.63) is 100 Å². The highest BCUT2D eigenvalue weighted by atomic mass is 32.1. The molecule has 14 nitrogen and oxygen atoms in total. The van der Waals surface area contributed by atoms with E-state index in [0.29, 0.717) is 48.0 Å². The molecule has 5 heterocycles. The summed E-state index contributed by atoms with van der Waals surface area (Å²) in [6.07, 6.45) is 7.02. The van der Waals surface area contributed by atoms with Gasteiger partial charge in [-0.1, -0.05) is 30.3 Å². The second kappa shape index (κ2) is 14.5. The van der Waals surface area contributed by atoms with Crippen LogP contribution in [-0.2, 0) is 28.6 Å². The zero-order valence-corrected chi connectivity index (χ0v) is 27.3. The first-order chi connectivity index (χ1) is 22.9. The molecule has 0 unspecified atom stereocenters. The van der Waals surface area contributed by atoms with Gasteiger partial charge in [0.1, 0.15) is 10.7 Å². The quantitative estimate of drug-likeness (QED) is 0.187. The SMILES string of the molecule is Cc1csc([C@H]2CCCN2C(=O)c2cc(-c3cnn(C)c3)nc(-c3nnc([C@](C)(N)Cc4ccccc4)o3)c2)n1.O=C(O)/C=C/C(=O)O. The summed E-state index contributed by atoms with van der Waals surface area (Å²) in [6.45, 7) is 4.50. The number of carboxylic acids is 2. The van der Waals surface area contributed by atoms with Crippen molar-refractivity contribution in [1.29, 1.82) is 0 Å². The Bertz CT molecular complexity index is 1930. The van der Waals surface area contributed by atoms with E-state index in [9.17, 15) is 14.4 Å². The van der Waals surface area contributed by atoms with Gasteiger partial charge in [-0.3, -0.25) is 9.48 Å². The summed E-state index contributed by atoms with van der Waals surface area (Å²) >= 11 is 1.60. The van der Waals surface area contributed by atoms with Gasteiger partial charge in [-0.25, -0.2) is 19.6 Å². The minimum atomic E-state index is -1.26. The second-order valence-electron chi connectivity index (χ2n) is 11.5. The zero-order chi connectivity index (χ0) is 34.4. The maximum absolute atomic E-state index is 13.9. The fraction of sp³-hybridized carbons (Fsp3) is 0.273. The number of hydrogen-bond acceptors (Lipinski definition) is 11. The molecule has 4 aromatic heterocycles. The number of aliphatic carboxylic acids is 2. The average Bonchev–Trinajstić information content (AvgIpc) is 3.88. The number of rotatable bonds is 9. The van der Waals surface area contributed by atoms with Crippen LogP contribution in [0.15, 0.2) is 76.8 Å².